The van der Waals surface area contributed by atoms with E-state index in [0.717, 1.165) is 54.4 Å². The fraction of sp³-hybridized carbons (Fsp3) is 0.500. The van der Waals surface area contributed by atoms with E-state index in [1.54, 1.807) is 11.8 Å². The van der Waals surface area contributed by atoms with Crippen LogP contribution < -0.4 is 10.1 Å². The van der Waals surface area contributed by atoms with E-state index in [1.165, 1.54) is 0 Å². The maximum absolute atomic E-state index is 12.5. The standard InChI is InChI=1S/C24H30ClN5O3/c1-4-8-17-19-20(30(2)29-17)21(26-14-15-9-10-18(33-3)16(25)13-15)28-22(27-19)24(23(31)32)11-6-5-7-12-24/h9-10,13H,4-8,11-12,14H2,1-3H3,(H,31,32)(H,26,27,28). The third kappa shape index (κ3) is 4.36. The molecule has 0 radical (unpaired) electrons. The number of aryl methyl sites for hydroxylation is 2. The van der Waals surface area contributed by atoms with Crippen LogP contribution in [0.1, 0.15) is 62.5 Å². The van der Waals surface area contributed by atoms with Gasteiger partial charge in [0.05, 0.1) is 17.8 Å². The van der Waals surface area contributed by atoms with Gasteiger partial charge in [0.2, 0.25) is 0 Å². The van der Waals surface area contributed by atoms with Crippen molar-refractivity contribution in [3.05, 3.63) is 40.3 Å². The van der Waals surface area contributed by atoms with Gasteiger partial charge in [0, 0.05) is 13.6 Å². The van der Waals surface area contributed by atoms with Crippen LogP contribution in [0.5, 0.6) is 5.75 Å². The zero-order chi connectivity index (χ0) is 23.6. The van der Waals surface area contributed by atoms with Crippen LogP contribution in [0.3, 0.4) is 0 Å². The summed E-state index contributed by atoms with van der Waals surface area (Å²) in [6, 6.07) is 5.60. The normalized spacial score (nSPS) is 15.5. The lowest BCUT2D eigenvalue weighted by Crippen LogP contribution is -2.39. The predicted molar refractivity (Wildman–Crippen MR) is 128 cm³/mol. The second-order valence-electron chi connectivity index (χ2n) is 8.68. The summed E-state index contributed by atoms with van der Waals surface area (Å²) in [5.74, 6) is 0.729. The number of nitrogens with one attached hydrogen (secondary N) is 1. The van der Waals surface area contributed by atoms with E-state index in [9.17, 15) is 9.90 Å². The molecule has 3 aromatic rings. The number of carbonyl (C=O) groups is 1. The molecule has 0 saturated heterocycles. The van der Waals surface area contributed by atoms with Crippen molar-refractivity contribution in [3.63, 3.8) is 0 Å². The number of aliphatic carboxylic acids is 1. The van der Waals surface area contributed by atoms with Crippen molar-refractivity contribution in [2.24, 2.45) is 7.05 Å². The van der Waals surface area contributed by atoms with Crippen LogP contribution in [-0.2, 0) is 30.2 Å². The van der Waals surface area contributed by atoms with Gasteiger partial charge in [-0.25, -0.2) is 9.97 Å². The van der Waals surface area contributed by atoms with Gasteiger partial charge >= 0.3 is 5.97 Å². The minimum Gasteiger partial charge on any atom is -0.495 e. The van der Waals surface area contributed by atoms with Gasteiger partial charge in [-0.15, -0.1) is 0 Å². The van der Waals surface area contributed by atoms with Crippen LogP contribution in [-0.4, -0.2) is 37.9 Å². The molecule has 0 unspecified atom stereocenters. The van der Waals surface area contributed by atoms with Gasteiger partial charge < -0.3 is 15.2 Å². The third-order valence-corrected chi connectivity index (χ3v) is 6.75. The van der Waals surface area contributed by atoms with Crippen LogP contribution in [0.4, 0.5) is 5.82 Å². The number of ether oxygens (including phenoxy) is 1. The number of anilines is 1. The highest BCUT2D eigenvalue weighted by Gasteiger charge is 2.44. The molecule has 9 heteroatoms. The minimum atomic E-state index is -1.06. The molecule has 0 spiro atoms. The third-order valence-electron chi connectivity index (χ3n) is 6.46. The molecule has 176 valence electrons. The maximum atomic E-state index is 12.5. The molecule has 0 aliphatic heterocycles. The number of halogens is 1. The van der Waals surface area contributed by atoms with Crippen molar-refractivity contribution >= 4 is 34.4 Å². The molecule has 0 bridgehead atoms. The zero-order valence-electron chi connectivity index (χ0n) is 19.3. The highest BCUT2D eigenvalue weighted by molar-refractivity contribution is 6.32. The Labute approximate surface area is 198 Å². The van der Waals surface area contributed by atoms with E-state index in [1.807, 2.05) is 25.2 Å². The molecular weight excluding hydrogens is 442 g/mol. The molecule has 1 aliphatic carbocycles. The molecule has 4 rings (SSSR count). The smallest absolute Gasteiger partial charge is 0.317 e. The van der Waals surface area contributed by atoms with Gasteiger partial charge in [-0.2, -0.15) is 5.10 Å². The van der Waals surface area contributed by atoms with E-state index in [0.29, 0.717) is 41.8 Å². The Morgan fingerprint density at radius 2 is 2.03 bits per heavy atom. The van der Waals surface area contributed by atoms with E-state index in [-0.39, 0.29) is 0 Å². The maximum Gasteiger partial charge on any atom is 0.317 e. The highest BCUT2D eigenvalue weighted by atomic mass is 35.5. The molecule has 0 atom stereocenters. The van der Waals surface area contributed by atoms with Gasteiger partial charge in [-0.3, -0.25) is 9.48 Å². The Kier molecular flexibility index (Phi) is 6.74. The summed E-state index contributed by atoms with van der Waals surface area (Å²) in [4.78, 5) is 22.1. The first-order valence-corrected chi connectivity index (χ1v) is 11.8. The molecule has 33 heavy (non-hydrogen) atoms. The topological polar surface area (TPSA) is 102 Å². The first kappa shape index (κ1) is 23.3. The summed E-state index contributed by atoms with van der Waals surface area (Å²) >= 11 is 6.29. The first-order valence-electron chi connectivity index (χ1n) is 11.4. The predicted octanol–water partition coefficient (Wildman–Crippen LogP) is 4.88. The van der Waals surface area contributed by atoms with Gasteiger partial charge in [0.1, 0.15) is 28.0 Å². The van der Waals surface area contributed by atoms with Crippen molar-refractivity contribution in [3.8, 4) is 5.75 Å². The summed E-state index contributed by atoms with van der Waals surface area (Å²) in [5.41, 5.74) is 2.26. The van der Waals surface area contributed by atoms with Crippen molar-refractivity contribution in [1.82, 2.24) is 19.7 Å². The number of methoxy groups -OCH3 is 1. The van der Waals surface area contributed by atoms with Crippen LogP contribution in [0.2, 0.25) is 5.02 Å². The summed E-state index contributed by atoms with van der Waals surface area (Å²) in [5, 5.41) is 18.8. The number of carboxylic acid groups (broad SMARTS) is 1. The Morgan fingerprint density at radius 3 is 2.67 bits per heavy atom. The molecule has 0 amide bonds. The molecule has 2 aromatic heterocycles. The van der Waals surface area contributed by atoms with Crippen molar-refractivity contribution in [2.45, 2.75) is 63.8 Å². The number of carboxylic acids is 1. The van der Waals surface area contributed by atoms with Crippen LogP contribution >= 0.6 is 11.6 Å². The zero-order valence-corrected chi connectivity index (χ0v) is 20.1. The summed E-state index contributed by atoms with van der Waals surface area (Å²) in [7, 11) is 3.45. The number of nitrogens with zero attached hydrogens (tertiary/aromatic N) is 4. The molecule has 1 fully saturated rings. The second-order valence-corrected chi connectivity index (χ2v) is 9.09. The van der Waals surface area contributed by atoms with Gasteiger partial charge in [0.25, 0.3) is 0 Å². The number of benzene rings is 1. The van der Waals surface area contributed by atoms with E-state index >= 15 is 0 Å². The number of hydrogen-bond donors (Lipinski definition) is 2. The molecule has 1 aromatic carbocycles. The van der Waals surface area contributed by atoms with Crippen LogP contribution in [0.15, 0.2) is 18.2 Å². The summed E-state index contributed by atoms with van der Waals surface area (Å²) < 4.78 is 7.02. The van der Waals surface area contributed by atoms with Gasteiger partial charge in [-0.1, -0.05) is 50.3 Å². The number of fused-ring (bicyclic) bond motifs is 1. The quantitative estimate of drug-likeness (QED) is 0.482. The second kappa shape index (κ2) is 9.55. The molecule has 2 heterocycles. The molecule has 2 N–H and O–H groups in total. The van der Waals surface area contributed by atoms with Crippen LogP contribution in [0.25, 0.3) is 11.0 Å². The molecule has 1 saturated carbocycles. The number of hydrogen-bond acceptors (Lipinski definition) is 6. The average Bonchev–Trinajstić information content (AvgIpc) is 3.13. The molecular formula is C24H30ClN5O3. The van der Waals surface area contributed by atoms with Crippen LogP contribution in [0, 0.1) is 0 Å². The SMILES string of the molecule is CCCc1nn(C)c2c(NCc3ccc(OC)c(Cl)c3)nc(C3(C(=O)O)CCCCC3)nc12. The Hall–Kier alpha value is -2.87. The summed E-state index contributed by atoms with van der Waals surface area (Å²) in [6.45, 7) is 2.55. The van der Waals surface area contributed by atoms with Crippen molar-refractivity contribution in [1.29, 1.82) is 0 Å². The largest absolute Gasteiger partial charge is 0.495 e. The minimum absolute atomic E-state index is 0.378. The first-order chi connectivity index (χ1) is 15.9. The van der Waals surface area contributed by atoms with E-state index < -0.39 is 11.4 Å². The lowest BCUT2D eigenvalue weighted by Gasteiger charge is -2.31. The Bertz CT molecular complexity index is 1170. The van der Waals surface area contributed by atoms with E-state index in [2.05, 4.69) is 17.3 Å². The van der Waals surface area contributed by atoms with Crippen molar-refractivity contribution in [2.75, 3.05) is 12.4 Å². The van der Waals surface area contributed by atoms with Gasteiger partial charge in [0.15, 0.2) is 5.82 Å². The average molecular weight is 472 g/mol. The Morgan fingerprint density at radius 1 is 1.27 bits per heavy atom. The van der Waals surface area contributed by atoms with Crippen molar-refractivity contribution < 1.29 is 14.6 Å². The highest BCUT2D eigenvalue weighted by Crippen LogP contribution is 2.40. The fourth-order valence-electron chi connectivity index (χ4n) is 4.68. The Balaban J connectivity index is 1.80. The van der Waals surface area contributed by atoms with E-state index in [4.69, 9.17) is 26.3 Å². The molecule has 8 nitrogen and oxygen atoms in total. The lowest BCUT2D eigenvalue weighted by molar-refractivity contribution is -0.145. The lowest BCUT2D eigenvalue weighted by atomic mass is 9.73. The summed E-state index contributed by atoms with van der Waals surface area (Å²) in [6.07, 6.45) is 5.53. The number of rotatable bonds is 8. The number of aromatic nitrogens is 4. The van der Waals surface area contributed by atoms with Gasteiger partial charge in [-0.05, 0) is 37.0 Å². The molecule has 1 aliphatic rings. The monoisotopic (exact) mass is 471 g/mol. The fourth-order valence-corrected chi connectivity index (χ4v) is 4.96.